The van der Waals surface area contributed by atoms with Crippen molar-refractivity contribution in [3.63, 3.8) is 0 Å². The van der Waals surface area contributed by atoms with Gasteiger partial charge in [-0.1, -0.05) is 23.4 Å². The van der Waals surface area contributed by atoms with Crippen molar-refractivity contribution in [3.05, 3.63) is 35.4 Å². The molecule has 0 aliphatic carbocycles. The van der Waals surface area contributed by atoms with E-state index < -0.39 is 10.0 Å². The van der Waals surface area contributed by atoms with Crippen LogP contribution >= 0.6 is 0 Å². The van der Waals surface area contributed by atoms with Crippen molar-refractivity contribution in [2.75, 3.05) is 26.0 Å². The molecule has 1 aromatic carbocycles. The van der Waals surface area contributed by atoms with Gasteiger partial charge in [0.1, 0.15) is 0 Å². The summed E-state index contributed by atoms with van der Waals surface area (Å²) in [6, 6.07) is 6.87. The summed E-state index contributed by atoms with van der Waals surface area (Å²) in [5.74, 6) is -0.0734. The smallest absolute Gasteiger partial charge is 0.216 e. The Hall–Kier alpha value is -1.64. The Kier molecular flexibility index (Phi) is 6.60. The molecule has 118 valence electrons. The van der Waals surface area contributed by atoms with E-state index in [9.17, 15) is 8.42 Å². The van der Waals surface area contributed by atoms with E-state index >= 15 is 0 Å². The molecule has 0 spiro atoms. The molecule has 8 heteroatoms. The highest BCUT2D eigenvalue weighted by Crippen LogP contribution is 2.10. The van der Waals surface area contributed by atoms with Crippen LogP contribution in [0, 0.1) is 0 Å². The Bertz CT molecular complexity index is 587. The average molecular weight is 315 g/mol. The third-order valence-corrected chi connectivity index (χ3v) is 4.66. The Morgan fingerprint density at radius 1 is 1.48 bits per heavy atom. The third kappa shape index (κ3) is 5.33. The van der Waals surface area contributed by atoms with E-state index in [1.165, 1.54) is 11.4 Å². The van der Waals surface area contributed by atoms with Crippen LogP contribution in [0.15, 0.2) is 29.4 Å². The van der Waals surface area contributed by atoms with Crippen LogP contribution in [0.2, 0.25) is 0 Å². The van der Waals surface area contributed by atoms with Crippen LogP contribution in [0.5, 0.6) is 0 Å². The highest BCUT2D eigenvalue weighted by atomic mass is 32.2. The largest absolute Gasteiger partial charge is 0.409 e. The predicted molar refractivity (Wildman–Crippen MR) is 80.7 cm³/mol. The van der Waals surface area contributed by atoms with Crippen LogP contribution in [0.1, 0.15) is 18.1 Å². The van der Waals surface area contributed by atoms with E-state index in [0.717, 1.165) is 5.56 Å². The van der Waals surface area contributed by atoms with Crippen LogP contribution in [-0.4, -0.2) is 49.8 Å². The first-order valence-electron chi connectivity index (χ1n) is 6.49. The topological polar surface area (TPSA) is 105 Å². The average Bonchev–Trinajstić information content (AvgIpc) is 2.46. The molecule has 0 aromatic heterocycles. The third-order valence-electron chi connectivity index (χ3n) is 2.90. The summed E-state index contributed by atoms with van der Waals surface area (Å²) in [5.41, 5.74) is 6.80. The maximum Gasteiger partial charge on any atom is 0.216 e. The first-order chi connectivity index (χ1) is 9.90. The number of hydrogen-bond acceptors (Lipinski definition) is 5. The molecule has 0 amide bonds. The van der Waals surface area contributed by atoms with E-state index in [0.29, 0.717) is 12.2 Å². The van der Waals surface area contributed by atoms with E-state index in [1.807, 2.05) is 6.92 Å². The lowest BCUT2D eigenvalue weighted by Gasteiger charge is -2.17. The Morgan fingerprint density at radius 3 is 2.81 bits per heavy atom. The van der Waals surface area contributed by atoms with Crippen LogP contribution < -0.4 is 5.73 Å². The predicted octanol–water partition coefficient (Wildman–Crippen LogP) is 0.579. The molecule has 1 aromatic rings. The summed E-state index contributed by atoms with van der Waals surface area (Å²) in [4.78, 5) is 0. The standard InChI is InChI=1S/C13H21N3O4S/c1-3-20-7-8-21(18,19)16(2)10-11-5-4-6-12(9-11)13(14)15-17/h4-6,9,17H,3,7-8,10H2,1-2H3,(H2,14,15). The molecular formula is C13H21N3O4S. The van der Waals surface area contributed by atoms with Gasteiger partial charge in [0.05, 0.1) is 12.4 Å². The maximum atomic E-state index is 12.0. The zero-order valence-electron chi connectivity index (χ0n) is 12.2. The van der Waals surface area contributed by atoms with Gasteiger partial charge in [0.15, 0.2) is 5.84 Å². The minimum Gasteiger partial charge on any atom is -0.409 e. The molecule has 0 fully saturated rings. The normalized spacial score (nSPS) is 12.8. The van der Waals surface area contributed by atoms with Crippen LogP contribution in [0.25, 0.3) is 0 Å². The van der Waals surface area contributed by atoms with Crippen molar-refractivity contribution in [2.45, 2.75) is 13.5 Å². The van der Waals surface area contributed by atoms with E-state index in [4.69, 9.17) is 15.7 Å². The number of rotatable bonds is 8. The van der Waals surface area contributed by atoms with Crippen molar-refractivity contribution >= 4 is 15.9 Å². The Labute approximate surface area is 125 Å². The molecule has 0 saturated carbocycles. The fourth-order valence-corrected chi connectivity index (χ4v) is 2.69. The molecule has 0 heterocycles. The summed E-state index contributed by atoms with van der Waals surface area (Å²) in [6.45, 7) is 2.68. The zero-order valence-corrected chi connectivity index (χ0v) is 13.0. The summed E-state index contributed by atoms with van der Waals surface area (Å²) in [5, 5.41) is 11.6. The summed E-state index contributed by atoms with van der Waals surface area (Å²) < 4.78 is 30.4. The molecule has 7 nitrogen and oxygen atoms in total. The van der Waals surface area contributed by atoms with Gasteiger partial charge < -0.3 is 15.7 Å². The zero-order chi connectivity index (χ0) is 15.9. The van der Waals surface area contributed by atoms with Gasteiger partial charge in [0.2, 0.25) is 10.0 Å². The van der Waals surface area contributed by atoms with Crippen molar-refractivity contribution in [1.29, 1.82) is 0 Å². The Morgan fingerprint density at radius 2 is 2.19 bits per heavy atom. The van der Waals surface area contributed by atoms with Gasteiger partial charge in [0.25, 0.3) is 0 Å². The lowest BCUT2D eigenvalue weighted by atomic mass is 10.1. The van der Waals surface area contributed by atoms with Gasteiger partial charge in [-0.15, -0.1) is 0 Å². The minimum atomic E-state index is -3.37. The Balaban J connectivity index is 2.76. The quantitative estimate of drug-likeness (QED) is 0.240. The molecule has 0 bridgehead atoms. The second-order valence-corrected chi connectivity index (χ2v) is 6.65. The number of amidine groups is 1. The number of nitrogens with two attached hydrogens (primary N) is 1. The molecule has 0 saturated heterocycles. The fraction of sp³-hybridized carbons (Fsp3) is 0.462. The van der Waals surface area contributed by atoms with Gasteiger partial charge in [-0.25, -0.2) is 12.7 Å². The summed E-state index contributed by atoms with van der Waals surface area (Å²) in [7, 11) is -1.86. The SMILES string of the molecule is CCOCCS(=O)(=O)N(C)Cc1cccc(C(N)=NO)c1. The molecule has 1 rings (SSSR count). The van der Waals surface area contributed by atoms with Crippen LogP contribution in [-0.2, 0) is 21.3 Å². The van der Waals surface area contributed by atoms with E-state index in [-0.39, 0.29) is 24.7 Å². The van der Waals surface area contributed by atoms with Crippen molar-refractivity contribution in [3.8, 4) is 0 Å². The molecule has 3 N–H and O–H groups in total. The molecule has 0 aliphatic rings. The second kappa shape index (κ2) is 7.96. The minimum absolute atomic E-state index is 0.0151. The number of oxime groups is 1. The molecule has 0 atom stereocenters. The van der Waals surface area contributed by atoms with Gasteiger partial charge in [-0.05, 0) is 18.6 Å². The van der Waals surface area contributed by atoms with Gasteiger partial charge in [-0.2, -0.15) is 0 Å². The number of ether oxygens (including phenoxy) is 1. The molecule has 0 aliphatic heterocycles. The highest BCUT2D eigenvalue weighted by Gasteiger charge is 2.18. The van der Waals surface area contributed by atoms with Crippen LogP contribution in [0.4, 0.5) is 0 Å². The van der Waals surface area contributed by atoms with Crippen molar-refractivity contribution < 1.29 is 18.4 Å². The van der Waals surface area contributed by atoms with Gasteiger partial charge >= 0.3 is 0 Å². The van der Waals surface area contributed by atoms with Crippen molar-refractivity contribution in [1.82, 2.24) is 4.31 Å². The summed E-state index contributed by atoms with van der Waals surface area (Å²) >= 11 is 0. The lowest BCUT2D eigenvalue weighted by Crippen LogP contribution is -2.30. The first kappa shape index (κ1) is 17.4. The van der Waals surface area contributed by atoms with Crippen LogP contribution in [0.3, 0.4) is 0 Å². The number of sulfonamides is 1. The summed E-state index contributed by atoms with van der Waals surface area (Å²) in [6.07, 6.45) is 0. The number of nitrogens with zero attached hydrogens (tertiary/aromatic N) is 2. The number of hydrogen-bond donors (Lipinski definition) is 2. The molecular weight excluding hydrogens is 294 g/mol. The van der Waals surface area contributed by atoms with Gasteiger partial charge in [-0.3, -0.25) is 0 Å². The van der Waals surface area contributed by atoms with E-state index in [1.54, 1.807) is 24.3 Å². The van der Waals surface area contributed by atoms with Gasteiger partial charge in [0, 0.05) is 25.8 Å². The highest BCUT2D eigenvalue weighted by molar-refractivity contribution is 7.89. The second-order valence-electron chi connectivity index (χ2n) is 4.45. The maximum absolute atomic E-state index is 12.0. The fourth-order valence-electron chi connectivity index (χ4n) is 1.71. The molecule has 0 radical (unpaired) electrons. The lowest BCUT2D eigenvalue weighted by molar-refractivity contribution is 0.162. The molecule has 21 heavy (non-hydrogen) atoms. The number of benzene rings is 1. The molecule has 0 unspecified atom stereocenters. The monoisotopic (exact) mass is 315 g/mol. The van der Waals surface area contributed by atoms with Crippen molar-refractivity contribution in [2.24, 2.45) is 10.9 Å². The van der Waals surface area contributed by atoms with E-state index in [2.05, 4.69) is 5.16 Å². The first-order valence-corrected chi connectivity index (χ1v) is 8.10.